The molecule has 1 aromatic heterocycles. The second-order valence-electron chi connectivity index (χ2n) is 4.07. The molecule has 0 radical (unpaired) electrons. The highest BCUT2D eigenvalue weighted by Gasteiger charge is 2.23. The molecule has 84 valence electrons. The molecule has 0 bridgehead atoms. The Morgan fingerprint density at radius 2 is 2.20 bits per heavy atom. The lowest BCUT2D eigenvalue weighted by Gasteiger charge is -2.35. The maximum absolute atomic E-state index is 6.26. The first-order valence-electron chi connectivity index (χ1n) is 5.53. The molecule has 1 aromatic rings. The van der Waals surface area contributed by atoms with Crippen LogP contribution in [0.15, 0.2) is 17.5 Å². The molecule has 2 heterocycles. The molecule has 15 heavy (non-hydrogen) atoms. The molecule has 0 aromatic carbocycles. The molecule has 1 aliphatic rings. The van der Waals surface area contributed by atoms with Gasteiger partial charge in [-0.2, -0.15) is 0 Å². The summed E-state index contributed by atoms with van der Waals surface area (Å²) in [6.07, 6.45) is 0. The quantitative estimate of drug-likeness (QED) is 0.807. The number of hydrogen-bond acceptors (Lipinski definition) is 4. The average molecular weight is 225 g/mol. The second-order valence-corrected chi connectivity index (χ2v) is 5.05. The standard InChI is InChI=1S/C11H19N3S/c1-9(14-6-4-13-5-7-14)11(12)10-3-2-8-15-10/h2-3,8-9,11,13H,4-7,12H2,1H3. The SMILES string of the molecule is CC(C(N)c1cccs1)N1CCNCC1. The highest BCUT2D eigenvalue weighted by molar-refractivity contribution is 7.10. The predicted octanol–water partition coefficient (Wildman–Crippen LogP) is 1.04. The summed E-state index contributed by atoms with van der Waals surface area (Å²) in [7, 11) is 0. The van der Waals surface area contributed by atoms with Gasteiger partial charge in [0.2, 0.25) is 0 Å². The first kappa shape index (κ1) is 11.1. The van der Waals surface area contributed by atoms with Gasteiger partial charge in [0.05, 0.1) is 6.04 Å². The molecule has 0 amide bonds. The van der Waals surface area contributed by atoms with Crippen molar-refractivity contribution >= 4 is 11.3 Å². The maximum atomic E-state index is 6.26. The van der Waals surface area contributed by atoms with Crippen LogP contribution < -0.4 is 11.1 Å². The van der Waals surface area contributed by atoms with Crippen molar-refractivity contribution in [1.82, 2.24) is 10.2 Å². The van der Waals surface area contributed by atoms with Crippen molar-refractivity contribution in [3.8, 4) is 0 Å². The second kappa shape index (κ2) is 5.07. The van der Waals surface area contributed by atoms with Crippen LogP contribution >= 0.6 is 11.3 Å². The topological polar surface area (TPSA) is 41.3 Å². The van der Waals surface area contributed by atoms with Crippen LogP contribution in [-0.4, -0.2) is 37.1 Å². The normalized spacial score (nSPS) is 22.5. The van der Waals surface area contributed by atoms with Crippen molar-refractivity contribution < 1.29 is 0 Å². The van der Waals surface area contributed by atoms with Crippen LogP contribution in [0.3, 0.4) is 0 Å². The Kier molecular flexibility index (Phi) is 3.75. The largest absolute Gasteiger partial charge is 0.322 e. The summed E-state index contributed by atoms with van der Waals surface area (Å²) in [6, 6.07) is 4.80. The van der Waals surface area contributed by atoms with Crippen molar-refractivity contribution in [3.63, 3.8) is 0 Å². The Morgan fingerprint density at radius 1 is 1.47 bits per heavy atom. The van der Waals surface area contributed by atoms with E-state index in [1.807, 2.05) is 0 Å². The zero-order valence-corrected chi connectivity index (χ0v) is 9.96. The van der Waals surface area contributed by atoms with E-state index in [-0.39, 0.29) is 6.04 Å². The van der Waals surface area contributed by atoms with Gasteiger partial charge in [0, 0.05) is 37.1 Å². The molecule has 0 spiro atoms. The van der Waals surface area contributed by atoms with Crippen LogP contribution in [0.5, 0.6) is 0 Å². The van der Waals surface area contributed by atoms with Crippen LogP contribution in [0.25, 0.3) is 0 Å². The third-order valence-electron chi connectivity index (χ3n) is 3.12. The fourth-order valence-corrected chi connectivity index (χ4v) is 2.86. The molecule has 2 rings (SSSR count). The van der Waals surface area contributed by atoms with Gasteiger partial charge in [-0.15, -0.1) is 11.3 Å². The molecule has 3 N–H and O–H groups in total. The molecule has 2 atom stereocenters. The van der Waals surface area contributed by atoms with Gasteiger partial charge in [-0.1, -0.05) is 6.07 Å². The number of hydrogen-bond donors (Lipinski definition) is 2. The zero-order valence-electron chi connectivity index (χ0n) is 9.15. The van der Waals surface area contributed by atoms with Crippen molar-refractivity contribution in [2.75, 3.05) is 26.2 Å². The Bertz CT molecular complexity index is 280. The number of rotatable bonds is 3. The van der Waals surface area contributed by atoms with Gasteiger partial charge in [-0.3, -0.25) is 4.90 Å². The van der Waals surface area contributed by atoms with Crippen LogP contribution in [0.2, 0.25) is 0 Å². The van der Waals surface area contributed by atoms with Crippen molar-refractivity contribution in [1.29, 1.82) is 0 Å². The van der Waals surface area contributed by atoms with Crippen molar-refractivity contribution in [2.45, 2.75) is 19.0 Å². The molecule has 0 saturated carbocycles. The minimum absolute atomic E-state index is 0.156. The lowest BCUT2D eigenvalue weighted by atomic mass is 10.1. The molecule has 1 aliphatic heterocycles. The Balaban J connectivity index is 1.97. The summed E-state index contributed by atoms with van der Waals surface area (Å²) >= 11 is 1.76. The van der Waals surface area contributed by atoms with Crippen LogP contribution in [-0.2, 0) is 0 Å². The molecular weight excluding hydrogens is 206 g/mol. The Labute approximate surface area is 95.3 Å². The van der Waals surface area contributed by atoms with E-state index in [0.29, 0.717) is 6.04 Å². The first-order valence-corrected chi connectivity index (χ1v) is 6.41. The number of nitrogens with one attached hydrogen (secondary N) is 1. The summed E-state index contributed by atoms with van der Waals surface area (Å²) in [4.78, 5) is 3.77. The monoisotopic (exact) mass is 225 g/mol. The van der Waals surface area contributed by atoms with Crippen LogP contribution in [0.1, 0.15) is 17.8 Å². The third kappa shape index (κ3) is 2.58. The Hall–Kier alpha value is -0.420. The van der Waals surface area contributed by atoms with E-state index in [0.717, 1.165) is 26.2 Å². The van der Waals surface area contributed by atoms with Gasteiger partial charge in [-0.05, 0) is 18.4 Å². The molecule has 1 fully saturated rings. The van der Waals surface area contributed by atoms with Gasteiger partial charge >= 0.3 is 0 Å². The molecule has 1 saturated heterocycles. The highest BCUT2D eigenvalue weighted by Crippen LogP contribution is 2.22. The van der Waals surface area contributed by atoms with Crippen LogP contribution in [0.4, 0.5) is 0 Å². The summed E-state index contributed by atoms with van der Waals surface area (Å²) in [5, 5.41) is 5.46. The van der Waals surface area contributed by atoms with E-state index in [9.17, 15) is 0 Å². The number of nitrogens with zero attached hydrogens (tertiary/aromatic N) is 1. The summed E-state index contributed by atoms with van der Waals surface area (Å²) < 4.78 is 0. The van der Waals surface area contributed by atoms with Crippen LogP contribution in [0, 0.1) is 0 Å². The lowest BCUT2D eigenvalue weighted by Crippen LogP contribution is -2.50. The van der Waals surface area contributed by atoms with Gasteiger partial charge in [-0.25, -0.2) is 0 Å². The molecule has 2 unspecified atom stereocenters. The highest BCUT2D eigenvalue weighted by atomic mass is 32.1. The number of piperazine rings is 1. The van der Waals surface area contributed by atoms with Gasteiger partial charge < -0.3 is 11.1 Å². The smallest absolute Gasteiger partial charge is 0.0545 e. The minimum Gasteiger partial charge on any atom is -0.322 e. The first-order chi connectivity index (χ1) is 7.29. The van der Waals surface area contributed by atoms with Gasteiger partial charge in [0.25, 0.3) is 0 Å². The van der Waals surface area contributed by atoms with Crippen molar-refractivity contribution in [3.05, 3.63) is 22.4 Å². The summed E-state index contributed by atoms with van der Waals surface area (Å²) in [5.74, 6) is 0. The van der Waals surface area contributed by atoms with E-state index >= 15 is 0 Å². The fourth-order valence-electron chi connectivity index (χ4n) is 2.04. The summed E-state index contributed by atoms with van der Waals surface area (Å²) in [6.45, 7) is 6.62. The van der Waals surface area contributed by atoms with E-state index in [1.165, 1.54) is 4.88 Å². The van der Waals surface area contributed by atoms with E-state index < -0.39 is 0 Å². The third-order valence-corrected chi connectivity index (χ3v) is 4.09. The zero-order chi connectivity index (χ0) is 10.7. The van der Waals surface area contributed by atoms with E-state index in [4.69, 9.17) is 5.73 Å². The number of nitrogens with two attached hydrogens (primary N) is 1. The molecule has 0 aliphatic carbocycles. The predicted molar refractivity (Wildman–Crippen MR) is 65.2 cm³/mol. The fraction of sp³-hybridized carbons (Fsp3) is 0.636. The molecule has 3 nitrogen and oxygen atoms in total. The van der Waals surface area contributed by atoms with Gasteiger partial charge in [0.15, 0.2) is 0 Å². The summed E-state index contributed by atoms with van der Waals surface area (Å²) in [5.41, 5.74) is 6.26. The van der Waals surface area contributed by atoms with E-state index in [1.54, 1.807) is 11.3 Å². The number of thiophene rings is 1. The maximum Gasteiger partial charge on any atom is 0.0545 e. The van der Waals surface area contributed by atoms with E-state index in [2.05, 4.69) is 34.7 Å². The molecule has 4 heteroatoms. The van der Waals surface area contributed by atoms with Gasteiger partial charge in [0.1, 0.15) is 0 Å². The average Bonchev–Trinajstić information content (AvgIpc) is 2.82. The molecular formula is C11H19N3S. The van der Waals surface area contributed by atoms with Crippen molar-refractivity contribution in [2.24, 2.45) is 5.73 Å². The lowest BCUT2D eigenvalue weighted by molar-refractivity contribution is 0.164. The Morgan fingerprint density at radius 3 is 2.80 bits per heavy atom. The minimum atomic E-state index is 0.156.